The Morgan fingerprint density at radius 3 is 2.88 bits per heavy atom. The summed E-state index contributed by atoms with van der Waals surface area (Å²) in [6.45, 7) is -0.352. The van der Waals surface area contributed by atoms with Crippen molar-refractivity contribution in [2.45, 2.75) is 23.8 Å². The van der Waals surface area contributed by atoms with Crippen molar-refractivity contribution in [1.29, 1.82) is 5.26 Å². The average Bonchev–Trinajstić information content (AvgIpc) is 3.22. The summed E-state index contributed by atoms with van der Waals surface area (Å²) in [7, 11) is -4.01. The molecule has 0 spiro atoms. The Balaban J connectivity index is 1.94. The zero-order valence-electron chi connectivity index (χ0n) is 12.6. The molecule has 2 N–H and O–H groups in total. The van der Waals surface area contributed by atoms with E-state index >= 15 is 0 Å². The minimum Gasteiger partial charge on any atom is -0.352 e. The third kappa shape index (κ3) is 3.38. The van der Waals surface area contributed by atoms with Gasteiger partial charge in [0.25, 0.3) is 10.0 Å². The molecule has 2 aromatic rings. The number of rotatable bonds is 6. The Hall–Kier alpha value is -2.86. The molecule has 8 nitrogen and oxygen atoms in total. The minimum absolute atomic E-state index is 0.0537. The molecule has 1 heterocycles. The molecule has 0 bridgehead atoms. The van der Waals surface area contributed by atoms with E-state index < -0.39 is 10.0 Å². The van der Waals surface area contributed by atoms with Crippen molar-refractivity contribution in [3.05, 3.63) is 42.2 Å². The molecular formula is C15H15N5O3S. The van der Waals surface area contributed by atoms with Crippen molar-refractivity contribution in [2.24, 2.45) is 0 Å². The zero-order valence-corrected chi connectivity index (χ0v) is 13.5. The summed E-state index contributed by atoms with van der Waals surface area (Å²) in [6, 6.07) is 7.71. The lowest BCUT2D eigenvalue weighted by Crippen LogP contribution is -2.41. The summed E-state index contributed by atoms with van der Waals surface area (Å²) in [5.41, 5.74) is 0.481. The molecule has 1 aromatic heterocycles. The molecular weight excluding hydrogens is 330 g/mol. The van der Waals surface area contributed by atoms with Crippen LogP contribution >= 0.6 is 0 Å². The second kappa shape index (κ2) is 6.33. The SMILES string of the molecule is N#Cc1cccc(S(=O)(=O)N(CC(=O)NC2CC2)c2cn[nH]c2)c1. The summed E-state index contributed by atoms with van der Waals surface area (Å²) in [5, 5.41) is 18.0. The monoisotopic (exact) mass is 345 g/mol. The Bertz CT molecular complexity index is 882. The van der Waals surface area contributed by atoms with E-state index in [4.69, 9.17) is 5.26 Å². The van der Waals surface area contributed by atoms with Gasteiger partial charge in [-0.05, 0) is 31.0 Å². The molecule has 0 unspecified atom stereocenters. The summed E-state index contributed by atoms with van der Waals surface area (Å²) in [5.74, 6) is -0.376. The fourth-order valence-corrected chi connectivity index (χ4v) is 3.63. The molecule has 0 radical (unpaired) electrons. The lowest BCUT2D eigenvalue weighted by atomic mass is 10.2. The van der Waals surface area contributed by atoms with Gasteiger partial charge in [0.05, 0.1) is 28.4 Å². The first-order valence-corrected chi connectivity index (χ1v) is 8.76. The summed E-state index contributed by atoms with van der Waals surface area (Å²) >= 11 is 0. The molecule has 1 fully saturated rings. The molecule has 1 amide bonds. The van der Waals surface area contributed by atoms with E-state index in [1.807, 2.05) is 6.07 Å². The smallest absolute Gasteiger partial charge is 0.264 e. The molecule has 1 saturated carbocycles. The Labute approximate surface area is 139 Å². The molecule has 24 heavy (non-hydrogen) atoms. The van der Waals surface area contributed by atoms with Crippen molar-refractivity contribution in [3.8, 4) is 6.07 Å². The van der Waals surface area contributed by atoms with Gasteiger partial charge < -0.3 is 5.32 Å². The van der Waals surface area contributed by atoms with Gasteiger partial charge in [0, 0.05) is 12.2 Å². The number of hydrogen-bond donors (Lipinski definition) is 2. The highest BCUT2D eigenvalue weighted by Crippen LogP contribution is 2.24. The highest BCUT2D eigenvalue weighted by atomic mass is 32.2. The normalized spacial score (nSPS) is 14.0. The highest BCUT2D eigenvalue weighted by Gasteiger charge is 2.30. The van der Waals surface area contributed by atoms with E-state index in [-0.39, 0.29) is 34.6 Å². The number of carbonyl (C=O) groups excluding carboxylic acids is 1. The molecule has 3 rings (SSSR count). The second-order valence-electron chi connectivity index (χ2n) is 5.45. The van der Waals surface area contributed by atoms with E-state index in [1.54, 1.807) is 0 Å². The highest BCUT2D eigenvalue weighted by molar-refractivity contribution is 7.92. The quantitative estimate of drug-likeness (QED) is 0.801. The Morgan fingerprint density at radius 2 is 2.25 bits per heavy atom. The van der Waals surface area contributed by atoms with E-state index in [2.05, 4.69) is 15.5 Å². The summed E-state index contributed by atoms with van der Waals surface area (Å²) in [6.07, 6.45) is 4.55. The van der Waals surface area contributed by atoms with Crippen LogP contribution in [0.3, 0.4) is 0 Å². The maximum Gasteiger partial charge on any atom is 0.264 e. The van der Waals surface area contributed by atoms with Gasteiger partial charge in [-0.15, -0.1) is 0 Å². The van der Waals surface area contributed by atoms with Gasteiger partial charge >= 0.3 is 0 Å². The van der Waals surface area contributed by atoms with Crippen LogP contribution in [0, 0.1) is 11.3 Å². The van der Waals surface area contributed by atoms with Gasteiger partial charge in [-0.1, -0.05) is 6.07 Å². The number of hydrogen-bond acceptors (Lipinski definition) is 5. The number of aromatic nitrogens is 2. The van der Waals surface area contributed by atoms with Gasteiger partial charge in [-0.3, -0.25) is 14.2 Å². The lowest BCUT2D eigenvalue weighted by molar-refractivity contribution is -0.119. The van der Waals surface area contributed by atoms with Crippen LogP contribution in [0.1, 0.15) is 18.4 Å². The number of aromatic amines is 1. The number of H-pyrrole nitrogens is 1. The van der Waals surface area contributed by atoms with Crippen LogP contribution in [-0.2, 0) is 14.8 Å². The minimum atomic E-state index is -4.01. The molecule has 0 atom stereocenters. The second-order valence-corrected chi connectivity index (χ2v) is 7.31. The molecule has 124 valence electrons. The van der Waals surface area contributed by atoms with Gasteiger partial charge in [-0.25, -0.2) is 8.42 Å². The third-order valence-corrected chi connectivity index (χ3v) is 5.32. The molecule has 9 heteroatoms. The van der Waals surface area contributed by atoms with Gasteiger partial charge in [0.2, 0.25) is 5.91 Å². The van der Waals surface area contributed by atoms with E-state index in [1.165, 1.54) is 36.7 Å². The van der Waals surface area contributed by atoms with Crippen LogP contribution in [-0.4, -0.2) is 37.1 Å². The fraction of sp³-hybridized carbons (Fsp3) is 0.267. The average molecular weight is 345 g/mol. The first-order chi connectivity index (χ1) is 11.5. The van der Waals surface area contributed by atoms with Crippen LogP contribution in [0.5, 0.6) is 0 Å². The third-order valence-electron chi connectivity index (χ3n) is 3.55. The number of amides is 1. The van der Waals surface area contributed by atoms with Crippen LogP contribution in [0.15, 0.2) is 41.6 Å². The molecule has 1 aliphatic carbocycles. The first kappa shape index (κ1) is 16.0. The van der Waals surface area contributed by atoms with E-state index in [0.717, 1.165) is 17.1 Å². The Morgan fingerprint density at radius 1 is 1.46 bits per heavy atom. The van der Waals surface area contributed by atoms with Crippen LogP contribution in [0.25, 0.3) is 0 Å². The number of anilines is 1. The standard InChI is InChI=1S/C15H15N5O3S/c16-7-11-2-1-3-14(6-11)24(22,23)20(13-8-17-18-9-13)10-15(21)19-12-4-5-12/h1-3,6,8-9,12H,4-5,10H2,(H,17,18)(H,19,21). The van der Waals surface area contributed by atoms with Crippen molar-refractivity contribution in [3.63, 3.8) is 0 Å². The van der Waals surface area contributed by atoms with Crippen LogP contribution in [0.2, 0.25) is 0 Å². The maximum atomic E-state index is 12.9. The van der Waals surface area contributed by atoms with Gasteiger partial charge in [0.1, 0.15) is 6.54 Å². The van der Waals surface area contributed by atoms with Gasteiger partial charge in [-0.2, -0.15) is 10.4 Å². The van der Waals surface area contributed by atoms with Gasteiger partial charge in [0.15, 0.2) is 0 Å². The van der Waals surface area contributed by atoms with E-state index in [9.17, 15) is 13.2 Å². The summed E-state index contributed by atoms with van der Waals surface area (Å²) < 4.78 is 26.8. The topological polar surface area (TPSA) is 119 Å². The Kier molecular flexibility index (Phi) is 4.22. The number of nitrogens with zero attached hydrogens (tertiary/aromatic N) is 3. The number of sulfonamides is 1. The first-order valence-electron chi connectivity index (χ1n) is 7.32. The number of benzene rings is 1. The fourth-order valence-electron chi connectivity index (χ4n) is 2.18. The molecule has 0 aliphatic heterocycles. The van der Waals surface area contributed by atoms with E-state index in [0.29, 0.717) is 0 Å². The predicted molar refractivity (Wildman–Crippen MR) is 85.4 cm³/mol. The predicted octanol–water partition coefficient (Wildman–Crippen LogP) is 0.755. The molecule has 0 saturated heterocycles. The van der Waals surface area contributed by atoms with Crippen molar-refractivity contribution in [1.82, 2.24) is 15.5 Å². The molecule has 1 aliphatic rings. The van der Waals surface area contributed by atoms with Crippen LogP contribution < -0.4 is 9.62 Å². The van der Waals surface area contributed by atoms with Crippen molar-refractivity contribution in [2.75, 3.05) is 10.8 Å². The zero-order chi connectivity index (χ0) is 17.2. The molecule has 1 aromatic carbocycles. The number of carbonyl (C=O) groups is 1. The number of nitriles is 1. The maximum absolute atomic E-state index is 12.9. The lowest BCUT2D eigenvalue weighted by Gasteiger charge is -2.22. The van der Waals surface area contributed by atoms with Crippen molar-refractivity contribution >= 4 is 21.6 Å². The largest absolute Gasteiger partial charge is 0.352 e. The summed E-state index contributed by atoms with van der Waals surface area (Å²) in [4.78, 5) is 12.0. The van der Waals surface area contributed by atoms with Crippen LogP contribution in [0.4, 0.5) is 5.69 Å². The number of nitrogens with one attached hydrogen (secondary N) is 2. The van der Waals surface area contributed by atoms with Crippen molar-refractivity contribution < 1.29 is 13.2 Å².